The minimum absolute atomic E-state index is 0.108. The number of nitrogens with one attached hydrogen (secondary N) is 2. The lowest BCUT2D eigenvalue weighted by Crippen LogP contribution is -2.41. The van der Waals surface area contributed by atoms with Crippen LogP contribution < -0.4 is 15.5 Å². The van der Waals surface area contributed by atoms with Gasteiger partial charge < -0.3 is 15.5 Å². The van der Waals surface area contributed by atoms with E-state index in [1.807, 2.05) is 67.9 Å². The summed E-state index contributed by atoms with van der Waals surface area (Å²) in [5.74, 6) is 1.44. The van der Waals surface area contributed by atoms with Crippen molar-refractivity contribution < 1.29 is 9.53 Å². The number of carbonyl (C=O) groups excluding carboxylic acids is 1. The number of hydrogen-bond acceptors (Lipinski definition) is 6. The Morgan fingerprint density at radius 1 is 1.23 bits per heavy atom. The van der Waals surface area contributed by atoms with Gasteiger partial charge in [0, 0.05) is 4.47 Å². The number of aromatic nitrogens is 3. The summed E-state index contributed by atoms with van der Waals surface area (Å²) in [6.45, 7) is 6.45. The maximum absolute atomic E-state index is 13.3. The molecule has 2 atom stereocenters. The van der Waals surface area contributed by atoms with E-state index in [4.69, 9.17) is 4.74 Å². The first-order valence-corrected chi connectivity index (χ1v) is 11.3. The minimum Gasteiger partial charge on any atom is -0.494 e. The molecule has 9 heteroatoms. The lowest BCUT2D eigenvalue weighted by molar-refractivity contribution is -0.116. The number of benzene rings is 2. The summed E-state index contributed by atoms with van der Waals surface area (Å²) in [6.07, 6.45) is 0. The first-order valence-electron chi connectivity index (χ1n) is 9.61. The van der Waals surface area contributed by atoms with Gasteiger partial charge in [-0.25, -0.2) is 4.68 Å². The van der Waals surface area contributed by atoms with Gasteiger partial charge in [0.05, 0.1) is 18.3 Å². The maximum atomic E-state index is 13.3. The Morgan fingerprint density at radius 2 is 2.00 bits per heavy atom. The lowest BCUT2D eigenvalue weighted by Gasteiger charge is -2.32. The van der Waals surface area contributed by atoms with Crippen molar-refractivity contribution >= 4 is 39.3 Å². The van der Waals surface area contributed by atoms with E-state index < -0.39 is 5.25 Å². The SMILES string of the molecule is CCOc1ccc([C@H]2Nn3c(C)nnc3S[C@H]2C(=O)Nc2ccc(C)cc2Br)cc1. The second kappa shape index (κ2) is 8.69. The number of amides is 1. The maximum Gasteiger partial charge on any atom is 0.240 e. The number of fused-ring (bicyclic) bond motifs is 1. The van der Waals surface area contributed by atoms with E-state index in [-0.39, 0.29) is 11.9 Å². The van der Waals surface area contributed by atoms with E-state index >= 15 is 0 Å². The molecule has 3 aromatic rings. The highest BCUT2D eigenvalue weighted by molar-refractivity contribution is 9.10. The van der Waals surface area contributed by atoms with Gasteiger partial charge in [-0.2, -0.15) is 0 Å². The highest BCUT2D eigenvalue weighted by Crippen LogP contribution is 2.38. The fourth-order valence-electron chi connectivity index (χ4n) is 3.27. The van der Waals surface area contributed by atoms with Gasteiger partial charge in [-0.15, -0.1) is 10.2 Å². The fourth-order valence-corrected chi connectivity index (χ4v) is 4.99. The van der Waals surface area contributed by atoms with Crippen LogP contribution in [0.25, 0.3) is 0 Å². The molecule has 30 heavy (non-hydrogen) atoms. The van der Waals surface area contributed by atoms with Gasteiger partial charge in [-0.05, 0) is 72.1 Å². The second-order valence-electron chi connectivity index (χ2n) is 6.99. The highest BCUT2D eigenvalue weighted by atomic mass is 79.9. The molecule has 0 radical (unpaired) electrons. The minimum atomic E-state index is -0.438. The predicted octanol–water partition coefficient (Wildman–Crippen LogP) is 4.45. The van der Waals surface area contributed by atoms with Crippen molar-refractivity contribution in [3.05, 3.63) is 63.9 Å². The number of hydrogen-bond donors (Lipinski definition) is 2. The number of aryl methyl sites for hydroxylation is 2. The topological polar surface area (TPSA) is 81.1 Å². The molecule has 0 unspecified atom stereocenters. The molecule has 0 aliphatic carbocycles. The summed E-state index contributed by atoms with van der Waals surface area (Å²) in [5.41, 5.74) is 6.24. The first kappa shape index (κ1) is 20.7. The van der Waals surface area contributed by atoms with Gasteiger partial charge in [0.25, 0.3) is 0 Å². The Bertz CT molecular complexity index is 1070. The van der Waals surface area contributed by atoms with Crippen molar-refractivity contribution in [1.29, 1.82) is 0 Å². The number of rotatable bonds is 5. The molecule has 2 N–H and O–H groups in total. The molecule has 1 aliphatic heterocycles. The zero-order valence-corrected chi connectivity index (χ0v) is 19.3. The number of anilines is 1. The highest BCUT2D eigenvalue weighted by Gasteiger charge is 2.37. The lowest BCUT2D eigenvalue weighted by atomic mass is 10.0. The predicted molar refractivity (Wildman–Crippen MR) is 122 cm³/mol. The molecule has 0 spiro atoms. The van der Waals surface area contributed by atoms with E-state index in [2.05, 4.69) is 36.9 Å². The molecule has 7 nitrogen and oxygen atoms in total. The molecule has 0 bridgehead atoms. The molecule has 0 saturated carbocycles. The van der Waals surface area contributed by atoms with Crippen LogP contribution in [0.1, 0.15) is 29.9 Å². The molecule has 1 aliphatic rings. The average Bonchev–Trinajstić information content (AvgIpc) is 3.10. The molecule has 156 valence electrons. The largest absolute Gasteiger partial charge is 0.494 e. The third kappa shape index (κ3) is 4.17. The van der Waals surface area contributed by atoms with E-state index in [1.54, 1.807) is 0 Å². The molecule has 1 aromatic heterocycles. The van der Waals surface area contributed by atoms with E-state index in [0.717, 1.165) is 32.9 Å². The number of nitrogens with zero attached hydrogens (tertiary/aromatic N) is 3. The van der Waals surface area contributed by atoms with E-state index in [9.17, 15) is 4.79 Å². The molecule has 2 aromatic carbocycles. The molecule has 1 amide bonds. The number of halogens is 1. The van der Waals surface area contributed by atoms with Crippen LogP contribution >= 0.6 is 27.7 Å². The third-order valence-corrected chi connectivity index (χ3v) is 6.66. The molecule has 2 heterocycles. The van der Waals surface area contributed by atoms with Crippen LogP contribution in [-0.4, -0.2) is 32.6 Å². The Hall–Kier alpha value is -2.52. The summed E-state index contributed by atoms with van der Waals surface area (Å²) in [7, 11) is 0. The Kier molecular flexibility index (Phi) is 6.01. The molecule has 4 rings (SSSR count). The average molecular weight is 488 g/mol. The smallest absolute Gasteiger partial charge is 0.240 e. The molecule has 0 fully saturated rings. The molecular formula is C21H22BrN5O2S. The second-order valence-corrected chi connectivity index (χ2v) is 8.95. The van der Waals surface area contributed by atoms with Gasteiger partial charge in [-0.1, -0.05) is 30.0 Å². The quantitative estimate of drug-likeness (QED) is 0.552. The number of thioether (sulfide) groups is 1. The Morgan fingerprint density at radius 3 is 2.70 bits per heavy atom. The summed E-state index contributed by atoms with van der Waals surface area (Å²) in [4.78, 5) is 13.3. The van der Waals surface area contributed by atoms with Gasteiger partial charge in [-0.3, -0.25) is 4.79 Å². The van der Waals surface area contributed by atoms with E-state index in [1.165, 1.54) is 11.8 Å². The molecular weight excluding hydrogens is 466 g/mol. The zero-order chi connectivity index (χ0) is 21.3. The third-order valence-electron chi connectivity index (χ3n) is 4.79. The number of carbonyl (C=O) groups is 1. The van der Waals surface area contributed by atoms with Crippen LogP contribution in [0.2, 0.25) is 0 Å². The normalized spacial score (nSPS) is 17.7. The standard InChI is InChI=1S/C21H22BrN5O2S/c1-4-29-15-8-6-14(7-9-15)18-19(30-21-25-24-13(3)27(21)26-18)20(28)23-17-10-5-12(2)11-16(17)22/h5-11,18-19,26H,4H2,1-3H3,(H,23,28)/t18-,19-/m1/s1. The molecule has 0 saturated heterocycles. The van der Waals surface area contributed by atoms with Crippen LogP contribution in [0.5, 0.6) is 5.75 Å². The Labute approximate surface area is 187 Å². The van der Waals surface area contributed by atoms with Crippen molar-refractivity contribution in [2.24, 2.45) is 0 Å². The van der Waals surface area contributed by atoms with Crippen molar-refractivity contribution in [3.8, 4) is 5.75 Å². The number of ether oxygens (including phenoxy) is 1. The Balaban J connectivity index is 1.64. The monoisotopic (exact) mass is 487 g/mol. The van der Waals surface area contributed by atoms with Gasteiger partial charge in [0.15, 0.2) is 0 Å². The summed E-state index contributed by atoms with van der Waals surface area (Å²) in [6, 6.07) is 13.4. The van der Waals surface area contributed by atoms with Crippen molar-refractivity contribution in [3.63, 3.8) is 0 Å². The zero-order valence-electron chi connectivity index (χ0n) is 16.8. The summed E-state index contributed by atoms with van der Waals surface area (Å²) >= 11 is 4.93. The van der Waals surface area contributed by atoms with Crippen LogP contribution in [0.4, 0.5) is 5.69 Å². The van der Waals surface area contributed by atoms with E-state index in [0.29, 0.717) is 11.8 Å². The van der Waals surface area contributed by atoms with Crippen LogP contribution in [0, 0.1) is 13.8 Å². The van der Waals surface area contributed by atoms with Crippen LogP contribution in [-0.2, 0) is 4.79 Å². The van der Waals surface area contributed by atoms with Crippen molar-refractivity contribution in [1.82, 2.24) is 14.9 Å². The fraction of sp³-hybridized carbons (Fsp3) is 0.286. The first-order chi connectivity index (χ1) is 14.5. The van der Waals surface area contributed by atoms with Crippen molar-refractivity contribution in [2.45, 2.75) is 37.2 Å². The van der Waals surface area contributed by atoms with Gasteiger partial charge in [0.1, 0.15) is 16.8 Å². The summed E-state index contributed by atoms with van der Waals surface area (Å²) < 4.78 is 8.23. The van der Waals surface area contributed by atoms with Crippen molar-refractivity contribution in [2.75, 3.05) is 17.3 Å². The van der Waals surface area contributed by atoms with Crippen LogP contribution in [0.3, 0.4) is 0 Å². The van der Waals surface area contributed by atoms with Gasteiger partial charge >= 0.3 is 0 Å². The van der Waals surface area contributed by atoms with Gasteiger partial charge in [0.2, 0.25) is 11.1 Å². The summed E-state index contributed by atoms with van der Waals surface area (Å²) in [5, 5.41) is 11.6. The van der Waals surface area contributed by atoms with Crippen LogP contribution in [0.15, 0.2) is 52.1 Å².